The largest absolute Gasteiger partial charge is 0.327 e. The van der Waals surface area contributed by atoms with Gasteiger partial charge in [0.05, 0.1) is 16.6 Å². The van der Waals surface area contributed by atoms with Crippen LogP contribution in [-0.4, -0.2) is 15.5 Å². The summed E-state index contributed by atoms with van der Waals surface area (Å²) in [6.45, 7) is 1.47. The molecular weight excluding hydrogens is 336 g/mol. The van der Waals surface area contributed by atoms with Gasteiger partial charge in [-0.15, -0.1) is 12.4 Å². The van der Waals surface area contributed by atoms with Crippen LogP contribution in [0.4, 0.5) is 5.69 Å². The minimum Gasteiger partial charge on any atom is -0.327 e. The lowest BCUT2D eigenvalue weighted by Crippen LogP contribution is -2.05. The first kappa shape index (κ1) is 18.2. The summed E-state index contributed by atoms with van der Waals surface area (Å²) >= 11 is 0. The van der Waals surface area contributed by atoms with Gasteiger partial charge in [-0.1, -0.05) is 24.3 Å². The van der Waals surface area contributed by atoms with E-state index >= 15 is 0 Å². The molecule has 1 amide bonds. The fourth-order valence-electron chi connectivity index (χ4n) is 2.57. The monoisotopic (exact) mass is 352 g/mol. The van der Waals surface area contributed by atoms with Gasteiger partial charge in [0, 0.05) is 19.7 Å². The Morgan fingerprint density at radius 2 is 1.88 bits per heavy atom. The Balaban J connectivity index is 0.00000225. The number of carbonyl (C=O) groups excluding carboxylic acids is 1. The number of nitrogens with one attached hydrogen (secondary N) is 1. The van der Waals surface area contributed by atoms with E-state index in [1.165, 1.54) is 6.92 Å². The molecule has 6 heteroatoms. The summed E-state index contributed by atoms with van der Waals surface area (Å²) in [6.07, 6.45) is 1.79. The fourth-order valence-corrected chi connectivity index (χ4v) is 2.57. The zero-order chi connectivity index (χ0) is 17.1. The second-order valence-corrected chi connectivity index (χ2v) is 5.46. The molecule has 1 aromatic heterocycles. The number of halogens is 1. The van der Waals surface area contributed by atoms with Crippen molar-refractivity contribution in [2.24, 2.45) is 7.05 Å². The summed E-state index contributed by atoms with van der Waals surface area (Å²) in [5.41, 5.74) is 3.92. The molecule has 3 aromatic rings. The van der Waals surface area contributed by atoms with Gasteiger partial charge in [-0.3, -0.25) is 4.79 Å². The van der Waals surface area contributed by atoms with E-state index < -0.39 is 0 Å². The number of aryl methyl sites for hydroxylation is 1. The lowest BCUT2D eigenvalue weighted by Gasteiger charge is -2.03. The number of hydrogen-bond acceptors (Lipinski definition) is 3. The average molecular weight is 353 g/mol. The molecule has 1 heterocycles. The average Bonchev–Trinajstić information content (AvgIpc) is 2.91. The Labute approximate surface area is 152 Å². The number of fused-ring (bicyclic) bond motifs is 1. The molecule has 126 valence electrons. The molecular formula is C19H17ClN4O. The Morgan fingerprint density at radius 3 is 2.48 bits per heavy atom. The van der Waals surface area contributed by atoms with Gasteiger partial charge in [0.1, 0.15) is 6.07 Å². The fraction of sp³-hybridized carbons (Fsp3) is 0.105. The van der Waals surface area contributed by atoms with Crippen LogP contribution < -0.4 is 5.32 Å². The van der Waals surface area contributed by atoms with E-state index in [4.69, 9.17) is 0 Å². The second-order valence-electron chi connectivity index (χ2n) is 5.46. The minimum atomic E-state index is -0.115. The maximum atomic E-state index is 11.1. The number of carbonyl (C=O) groups is 1. The van der Waals surface area contributed by atoms with Gasteiger partial charge in [0.15, 0.2) is 5.82 Å². The van der Waals surface area contributed by atoms with Crippen molar-refractivity contribution >= 4 is 46.7 Å². The van der Waals surface area contributed by atoms with Crippen LogP contribution in [0.5, 0.6) is 0 Å². The van der Waals surface area contributed by atoms with E-state index in [1.54, 1.807) is 18.2 Å². The molecule has 0 aliphatic heterocycles. The Hall–Kier alpha value is -3.10. The number of amides is 1. The van der Waals surface area contributed by atoms with Gasteiger partial charge < -0.3 is 9.88 Å². The number of allylic oxidation sites excluding steroid dienone is 1. The van der Waals surface area contributed by atoms with Crippen molar-refractivity contribution in [3.05, 3.63) is 59.9 Å². The molecule has 2 aromatic carbocycles. The van der Waals surface area contributed by atoms with Crippen molar-refractivity contribution in [3.63, 3.8) is 0 Å². The highest BCUT2D eigenvalue weighted by atomic mass is 35.5. The summed E-state index contributed by atoms with van der Waals surface area (Å²) in [6, 6.07) is 17.3. The SMILES string of the molecule is CC(=O)Nc1ccc(C=C(C#N)c2nc3ccccc3n2C)cc1.Cl. The highest BCUT2D eigenvalue weighted by Crippen LogP contribution is 2.22. The van der Waals surface area contributed by atoms with Gasteiger partial charge in [0.2, 0.25) is 5.91 Å². The number of para-hydroxylation sites is 2. The van der Waals surface area contributed by atoms with Crippen molar-refractivity contribution in [3.8, 4) is 6.07 Å². The number of nitriles is 1. The normalized spacial score (nSPS) is 10.8. The number of hydrogen-bond donors (Lipinski definition) is 1. The molecule has 0 spiro atoms. The van der Waals surface area contributed by atoms with Crippen LogP contribution in [0.1, 0.15) is 18.3 Å². The van der Waals surface area contributed by atoms with Crippen LogP contribution >= 0.6 is 12.4 Å². The molecule has 0 unspecified atom stereocenters. The number of nitrogens with zero attached hydrogens (tertiary/aromatic N) is 3. The summed E-state index contributed by atoms with van der Waals surface area (Å²) in [7, 11) is 1.90. The molecule has 0 saturated carbocycles. The molecule has 25 heavy (non-hydrogen) atoms. The van der Waals surface area contributed by atoms with Crippen LogP contribution in [0.2, 0.25) is 0 Å². The third-order valence-corrected chi connectivity index (χ3v) is 3.69. The molecule has 5 nitrogen and oxygen atoms in total. The molecule has 1 N–H and O–H groups in total. The standard InChI is InChI=1S/C19H16N4O.ClH/c1-13(24)21-16-9-7-14(8-10-16)11-15(12-20)19-22-17-5-3-4-6-18(17)23(19)2;/h3-11H,1-2H3,(H,21,24);1H. The van der Waals surface area contributed by atoms with Gasteiger partial charge in [0.25, 0.3) is 0 Å². The van der Waals surface area contributed by atoms with E-state index in [-0.39, 0.29) is 18.3 Å². The van der Waals surface area contributed by atoms with Gasteiger partial charge in [-0.2, -0.15) is 5.26 Å². The molecule has 0 fully saturated rings. The highest BCUT2D eigenvalue weighted by molar-refractivity contribution is 5.92. The molecule has 3 rings (SSSR count). The van der Waals surface area contributed by atoms with E-state index in [9.17, 15) is 10.1 Å². The van der Waals surface area contributed by atoms with E-state index in [2.05, 4.69) is 16.4 Å². The van der Waals surface area contributed by atoms with Crippen molar-refractivity contribution in [2.75, 3.05) is 5.32 Å². The first-order valence-corrected chi connectivity index (χ1v) is 7.50. The molecule has 0 bridgehead atoms. The van der Waals surface area contributed by atoms with Crippen molar-refractivity contribution in [1.29, 1.82) is 5.26 Å². The zero-order valence-corrected chi connectivity index (χ0v) is 14.7. The quantitative estimate of drug-likeness (QED) is 0.724. The lowest BCUT2D eigenvalue weighted by molar-refractivity contribution is -0.114. The van der Waals surface area contributed by atoms with Crippen LogP contribution in [0, 0.1) is 11.3 Å². The van der Waals surface area contributed by atoms with Crippen molar-refractivity contribution < 1.29 is 4.79 Å². The molecule has 0 radical (unpaired) electrons. The number of aromatic nitrogens is 2. The number of benzene rings is 2. The second kappa shape index (κ2) is 7.65. The number of imidazole rings is 1. The minimum absolute atomic E-state index is 0. The topological polar surface area (TPSA) is 70.7 Å². The summed E-state index contributed by atoms with van der Waals surface area (Å²) in [5, 5.41) is 12.3. The van der Waals surface area contributed by atoms with Crippen LogP contribution in [0.3, 0.4) is 0 Å². The summed E-state index contributed by atoms with van der Waals surface area (Å²) < 4.78 is 1.91. The first-order chi connectivity index (χ1) is 11.6. The molecule has 0 saturated heterocycles. The Kier molecular flexibility index (Phi) is 5.58. The maximum absolute atomic E-state index is 11.1. The van der Waals surface area contributed by atoms with E-state index in [1.807, 2.05) is 48.0 Å². The number of rotatable bonds is 3. The van der Waals surface area contributed by atoms with Crippen LogP contribution in [0.15, 0.2) is 48.5 Å². The zero-order valence-electron chi connectivity index (χ0n) is 13.9. The predicted molar refractivity (Wildman–Crippen MR) is 102 cm³/mol. The van der Waals surface area contributed by atoms with E-state index in [0.717, 1.165) is 22.3 Å². The first-order valence-electron chi connectivity index (χ1n) is 7.50. The smallest absolute Gasteiger partial charge is 0.221 e. The summed E-state index contributed by atoms with van der Waals surface area (Å²) in [5.74, 6) is 0.514. The van der Waals surface area contributed by atoms with Crippen LogP contribution in [0.25, 0.3) is 22.7 Å². The maximum Gasteiger partial charge on any atom is 0.221 e. The van der Waals surface area contributed by atoms with Gasteiger partial charge in [-0.05, 0) is 35.9 Å². The Morgan fingerprint density at radius 1 is 1.20 bits per heavy atom. The summed E-state index contributed by atoms with van der Waals surface area (Å²) in [4.78, 5) is 15.6. The van der Waals surface area contributed by atoms with Crippen molar-refractivity contribution in [2.45, 2.75) is 6.92 Å². The third-order valence-electron chi connectivity index (χ3n) is 3.69. The highest BCUT2D eigenvalue weighted by Gasteiger charge is 2.11. The molecule has 0 aliphatic rings. The third kappa shape index (κ3) is 3.87. The Bertz CT molecular complexity index is 981. The van der Waals surface area contributed by atoms with Crippen LogP contribution in [-0.2, 0) is 11.8 Å². The lowest BCUT2D eigenvalue weighted by atomic mass is 10.1. The van der Waals surface area contributed by atoms with E-state index in [0.29, 0.717) is 11.4 Å². The molecule has 0 atom stereocenters. The predicted octanol–water partition coefficient (Wildman–Crippen LogP) is 4.02. The van der Waals surface area contributed by atoms with Crippen molar-refractivity contribution in [1.82, 2.24) is 9.55 Å². The molecule has 0 aliphatic carbocycles. The van der Waals surface area contributed by atoms with Gasteiger partial charge >= 0.3 is 0 Å². The number of anilines is 1. The van der Waals surface area contributed by atoms with Gasteiger partial charge in [-0.25, -0.2) is 4.98 Å².